The summed E-state index contributed by atoms with van der Waals surface area (Å²) in [6.07, 6.45) is 2.53. The van der Waals surface area contributed by atoms with E-state index >= 15 is 0 Å². The number of fused-ring (bicyclic) bond motifs is 1. The molecule has 6 heteroatoms. The maximum Gasteiger partial charge on any atom is 0.156 e. The number of aryl methyl sites for hydroxylation is 1. The number of benzene rings is 1. The quantitative estimate of drug-likeness (QED) is 0.765. The molecule has 1 saturated carbocycles. The number of rotatable bonds is 5. The van der Waals surface area contributed by atoms with Crippen molar-refractivity contribution < 1.29 is 0 Å². The van der Waals surface area contributed by atoms with Gasteiger partial charge in [-0.15, -0.1) is 10.2 Å². The summed E-state index contributed by atoms with van der Waals surface area (Å²) in [6, 6.07) is 12.5. The summed E-state index contributed by atoms with van der Waals surface area (Å²) in [5.41, 5.74) is 2.12. The molecule has 6 nitrogen and oxygen atoms in total. The average molecular weight is 346 g/mol. The van der Waals surface area contributed by atoms with Crippen molar-refractivity contribution in [2.75, 3.05) is 29.9 Å². The van der Waals surface area contributed by atoms with Crippen molar-refractivity contribution in [1.82, 2.24) is 20.4 Å². The Morgan fingerprint density at radius 1 is 0.962 bits per heavy atom. The second-order valence-corrected chi connectivity index (χ2v) is 7.42. The van der Waals surface area contributed by atoms with Gasteiger partial charge < -0.3 is 10.2 Å². The third-order valence-corrected chi connectivity index (χ3v) is 5.38. The summed E-state index contributed by atoms with van der Waals surface area (Å²) >= 11 is 0. The molecule has 0 unspecified atom stereocenters. The molecule has 3 aromatic rings. The third kappa shape index (κ3) is 2.85. The molecule has 0 atom stereocenters. The number of aromatic nitrogens is 4. The first-order valence-corrected chi connectivity index (χ1v) is 9.32. The normalized spacial score (nSPS) is 17.3. The van der Waals surface area contributed by atoms with Crippen molar-refractivity contribution in [3.8, 4) is 0 Å². The summed E-state index contributed by atoms with van der Waals surface area (Å²) in [6.45, 7) is 4.90. The van der Waals surface area contributed by atoms with Crippen LogP contribution < -0.4 is 10.2 Å². The van der Waals surface area contributed by atoms with Crippen LogP contribution >= 0.6 is 0 Å². The molecule has 3 heterocycles. The van der Waals surface area contributed by atoms with Gasteiger partial charge in [0.25, 0.3) is 0 Å². The van der Waals surface area contributed by atoms with Crippen LogP contribution in [-0.4, -0.2) is 40.0 Å². The SMILES string of the molecule is Cc1nnc(NCC2CN(c3ccc(C4CC4)nn3)C2)c2ccccc12. The van der Waals surface area contributed by atoms with Gasteiger partial charge in [-0.25, -0.2) is 0 Å². The zero-order valence-electron chi connectivity index (χ0n) is 14.9. The highest BCUT2D eigenvalue weighted by Crippen LogP contribution is 2.39. The van der Waals surface area contributed by atoms with Crippen LogP contribution in [0.4, 0.5) is 11.6 Å². The maximum absolute atomic E-state index is 4.40. The lowest BCUT2D eigenvalue weighted by Gasteiger charge is -2.40. The summed E-state index contributed by atoms with van der Waals surface area (Å²) < 4.78 is 0. The molecule has 2 fully saturated rings. The van der Waals surface area contributed by atoms with Gasteiger partial charge in [0.05, 0.1) is 11.4 Å². The molecule has 0 radical (unpaired) electrons. The molecule has 0 bridgehead atoms. The Morgan fingerprint density at radius 3 is 2.50 bits per heavy atom. The first-order valence-electron chi connectivity index (χ1n) is 9.32. The molecule has 132 valence electrons. The molecule has 5 rings (SSSR count). The van der Waals surface area contributed by atoms with E-state index in [-0.39, 0.29) is 0 Å². The minimum absolute atomic E-state index is 0.585. The number of anilines is 2. The van der Waals surface area contributed by atoms with Crippen molar-refractivity contribution in [3.63, 3.8) is 0 Å². The van der Waals surface area contributed by atoms with Crippen molar-refractivity contribution in [2.45, 2.75) is 25.7 Å². The van der Waals surface area contributed by atoms with Gasteiger partial charge in [0, 0.05) is 42.2 Å². The van der Waals surface area contributed by atoms with E-state index in [4.69, 9.17) is 0 Å². The lowest BCUT2D eigenvalue weighted by atomic mass is 10.00. The number of hydrogen-bond donors (Lipinski definition) is 1. The van der Waals surface area contributed by atoms with Crippen LogP contribution in [0.1, 0.15) is 30.1 Å². The van der Waals surface area contributed by atoms with E-state index in [1.165, 1.54) is 12.8 Å². The molecule has 1 aliphatic carbocycles. The Bertz CT molecular complexity index is 929. The fraction of sp³-hybridized carbons (Fsp3) is 0.400. The van der Waals surface area contributed by atoms with E-state index in [1.54, 1.807) is 0 Å². The smallest absolute Gasteiger partial charge is 0.156 e. The monoisotopic (exact) mass is 346 g/mol. The highest BCUT2D eigenvalue weighted by Gasteiger charge is 2.29. The maximum atomic E-state index is 4.40. The third-order valence-electron chi connectivity index (χ3n) is 5.38. The molecule has 1 saturated heterocycles. The van der Waals surface area contributed by atoms with Crippen molar-refractivity contribution in [3.05, 3.63) is 47.8 Å². The van der Waals surface area contributed by atoms with Crippen LogP contribution in [0.5, 0.6) is 0 Å². The van der Waals surface area contributed by atoms with Gasteiger partial charge >= 0.3 is 0 Å². The molecule has 0 amide bonds. The Balaban J connectivity index is 1.20. The standard InChI is InChI=1S/C20H22N6/c1-13-16-4-2-3-5-17(16)20(25-22-13)21-10-14-11-26(12-14)19-9-8-18(23-24-19)15-6-7-15/h2-5,8-9,14-15H,6-7,10-12H2,1H3,(H,21,25). The Kier molecular flexibility index (Phi) is 3.69. The van der Waals surface area contributed by atoms with Crippen molar-refractivity contribution in [2.24, 2.45) is 5.92 Å². The van der Waals surface area contributed by atoms with Crippen molar-refractivity contribution in [1.29, 1.82) is 0 Å². The Morgan fingerprint density at radius 2 is 1.77 bits per heavy atom. The minimum atomic E-state index is 0.585. The number of hydrogen-bond acceptors (Lipinski definition) is 6. The topological polar surface area (TPSA) is 66.8 Å². The molecule has 0 spiro atoms. The van der Waals surface area contributed by atoms with Gasteiger partial charge in [0.2, 0.25) is 0 Å². The number of nitrogens with one attached hydrogen (secondary N) is 1. The fourth-order valence-electron chi connectivity index (χ4n) is 3.60. The fourth-order valence-corrected chi connectivity index (χ4v) is 3.60. The second-order valence-electron chi connectivity index (χ2n) is 7.42. The van der Waals surface area contributed by atoms with Crippen LogP contribution in [0.2, 0.25) is 0 Å². The zero-order valence-corrected chi connectivity index (χ0v) is 14.9. The lowest BCUT2D eigenvalue weighted by molar-refractivity contribution is 0.425. The average Bonchev–Trinajstić information content (AvgIpc) is 3.48. The van der Waals surface area contributed by atoms with Gasteiger partial charge in [0.1, 0.15) is 0 Å². The first kappa shape index (κ1) is 15.5. The molecule has 2 aromatic heterocycles. The van der Waals surface area contributed by atoms with E-state index in [0.717, 1.165) is 53.4 Å². The van der Waals surface area contributed by atoms with E-state index in [9.17, 15) is 0 Å². The minimum Gasteiger partial charge on any atom is -0.368 e. The highest BCUT2D eigenvalue weighted by molar-refractivity contribution is 5.92. The van der Waals surface area contributed by atoms with Gasteiger partial charge in [0.15, 0.2) is 11.6 Å². The Labute approximate surface area is 152 Å². The van der Waals surface area contributed by atoms with Gasteiger partial charge in [-0.05, 0) is 31.9 Å². The summed E-state index contributed by atoms with van der Waals surface area (Å²) in [7, 11) is 0. The number of nitrogens with zero attached hydrogens (tertiary/aromatic N) is 5. The highest BCUT2D eigenvalue weighted by atomic mass is 15.3. The first-order chi connectivity index (χ1) is 12.8. The van der Waals surface area contributed by atoms with Crippen LogP contribution in [0.15, 0.2) is 36.4 Å². The van der Waals surface area contributed by atoms with Gasteiger partial charge in [-0.3, -0.25) is 0 Å². The van der Waals surface area contributed by atoms with E-state index < -0.39 is 0 Å². The second kappa shape index (κ2) is 6.20. The summed E-state index contributed by atoms with van der Waals surface area (Å²) in [5.74, 6) is 3.11. The Hall–Kier alpha value is -2.76. The van der Waals surface area contributed by atoms with Crippen molar-refractivity contribution >= 4 is 22.4 Å². The molecule has 1 aliphatic heterocycles. The molecular formula is C20H22N6. The van der Waals surface area contributed by atoms with Crippen LogP contribution in [0.3, 0.4) is 0 Å². The van der Waals surface area contributed by atoms with Crippen LogP contribution in [-0.2, 0) is 0 Å². The summed E-state index contributed by atoms with van der Waals surface area (Å²) in [5, 5.41) is 23.2. The van der Waals surface area contributed by atoms with Crippen LogP contribution in [0, 0.1) is 12.8 Å². The van der Waals surface area contributed by atoms with Crippen LogP contribution in [0.25, 0.3) is 10.8 Å². The van der Waals surface area contributed by atoms with E-state index in [2.05, 4.69) is 54.9 Å². The predicted molar refractivity (Wildman–Crippen MR) is 102 cm³/mol. The molecule has 1 N–H and O–H groups in total. The zero-order chi connectivity index (χ0) is 17.5. The molecular weight excluding hydrogens is 324 g/mol. The van der Waals surface area contributed by atoms with Gasteiger partial charge in [-0.1, -0.05) is 24.3 Å². The predicted octanol–water partition coefficient (Wildman–Crippen LogP) is 3.15. The van der Waals surface area contributed by atoms with Gasteiger partial charge in [-0.2, -0.15) is 10.2 Å². The lowest BCUT2D eigenvalue weighted by Crippen LogP contribution is -2.50. The molecule has 2 aliphatic rings. The summed E-state index contributed by atoms with van der Waals surface area (Å²) in [4.78, 5) is 2.29. The molecule has 26 heavy (non-hydrogen) atoms. The van der Waals surface area contributed by atoms with E-state index in [1.807, 2.05) is 19.1 Å². The molecule has 1 aromatic carbocycles. The van der Waals surface area contributed by atoms with E-state index in [0.29, 0.717) is 11.8 Å². The largest absolute Gasteiger partial charge is 0.368 e.